The van der Waals surface area contributed by atoms with Crippen molar-refractivity contribution in [2.24, 2.45) is 19.8 Å². The molecule has 0 amide bonds. The minimum absolute atomic E-state index is 0.544. The van der Waals surface area contributed by atoms with Gasteiger partial charge < -0.3 is 10.3 Å². The Bertz CT molecular complexity index is 751. The molecule has 0 aliphatic heterocycles. The van der Waals surface area contributed by atoms with E-state index in [0.29, 0.717) is 6.54 Å². The summed E-state index contributed by atoms with van der Waals surface area (Å²) >= 11 is 0. The van der Waals surface area contributed by atoms with E-state index in [2.05, 4.69) is 15.7 Å². The molecule has 3 rings (SSSR count). The number of hydrogen-bond donors (Lipinski definition) is 1. The molecule has 0 radical (unpaired) electrons. The van der Waals surface area contributed by atoms with E-state index in [9.17, 15) is 0 Å². The number of aryl methyl sites for hydroxylation is 2. The molecule has 0 spiro atoms. The third-order valence-corrected chi connectivity index (χ3v) is 3.66. The van der Waals surface area contributed by atoms with Crippen LogP contribution in [-0.2, 0) is 20.6 Å². The van der Waals surface area contributed by atoms with Crippen molar-refractivity contribution in [3.8, 4) is 11.4 Å². The normalized spacial score (nSPS) is 11.4. The highest BCUT2D eigenvalue weighted by atomic mass is 15.3. The maximum Gasteiger partial charge on any atom is 0.144 e. The molecule has 0 atom stereocenters. The second-order valence-electron chi connectivity index (χ2n) is 4.79. The second-order valence-corrected chi connectivity index (χ2v) is 4.79. The Morgan fingerprint density at radius 3 is 2.68 bits per heavy atom. The van der Waals surface area contributed by atoms with Gasteiger partial charge in [-0.1, -0.05) is 6.07 Å². The predicted molar refractivity (Wildman–Crippen MR) is 75.5 cm³/mol. The van der Waals surface area contributed by atoms with Crippen LogP contribution >= 0.6 is 0 Å². The van der Waals surface area contributed by atoms with Crippen molar-refractivity contribution < 1.29 is 0 Å². The van der Waals surface area contributed by atoms with E-state index in [1.54, 1.807) is 0 Å². The summed E-state index contributed by atoms with van der Waals surface area (Å²) in [5, 5.41) is 4.28. The number of fused-ring (bicyclic) bond motifs is 1. The number of nitrogens with two attached hydrogens (primary N) is 1. The van der Waals surface area contributed by atoms with Gasteiger partial charge in [-0.05, 0) is 24.6 Å². The number of imidazole rings is 1. The fraction of sp³-hybridized carbons (Fsp3) is 0.286. The molecule has 19 heavy (non-hydrogen) atoms. The lowest BCUT2D eigenvalue weighted by atomic mass is 10.2. The van der Waals surface area contributed by atoms with Gasteiger partial charge in [-0.15, -0.1) is 0 Å². The lowest BCUT2D eigenvalue weighted by molar-refractivity contribution is 0.740. The maximum absolute atomic E-state index is 5.69. The van der Waals surface area contributed by atoms with Crippen molar-refractivity contribution >= 4 is 11.0 Å². The Kier molecular flexibility index (Phi) is 2.64. The van der Waals surface area contributed by atoms with Crippen molar-refractivity contribution in [2.45, 2.75) is 13.5 Å². The van der Waals surface area contributed by atoms with Crippen molar-refractivity contribution in [3.63, 3.8) is 0 Å². The van der Waals surface area contributed by atoms with Gasteiger partial charge in [0.1, 0.15) is 5.82 Å². The van der Waals surface area contributed by atoms with Gasteiger partial charge in [0.2, 0.25) is 0 Å². The Labute approximate surface area is 111 Å². The van der Waals surface area contributed by atoms with Crippen molar-refractivity contribution in [1.29, 1.82) is 0 Å². The van der Waals surface area contributed by atoms with Gasteiger partial charge in [0.05, 0.1) is 22.8 Å². The summed E-state index contributed by atoms with van der Waals surface area (Å²) in [5.41, 5.74) is 11.1. The second kappa shape index (κ2) is 4.20. The summed E-state index contributed by atoms with van der Waals surface area (Å²) in [6, 6.07) is 6.14. The molecule has 0 unspecified atom stereocenters. The Morgan fingerprint density at radius 2 is 2.05 bits per heavy atom. The van der Waals surface area contributed by atoms with E-state index >= 15 is 0 Å². The molecule has 0 saturated heterocycles. The van der Waals surface area contributed by atoms with Crippen molar-refractivity contribution in [3.05, 3.63) is 35.7 Å². The van der Waals surface area contributed by atoms with E-state index in [1.165, 1.54) is 0 Å². The topological polar surface area (TPSA) is 61.7 Å². The smallest absolute Gasteiger partial charge is 0.144 e. The zero-order chi connectivity index (χ0) is 13.6. The van der Waals surface area contributed by atoms with Gasteiger partial charge in [0, 0.05) is 26.3 Å². The molecule has 3 aromatic rings. The lowest BCUT2D eigenvalue weighted by Crippen LogP contribution is -1.97. The summed E-state index contributed by atoms with van der Waals surface area (Å²) in [6.07, 6.45) is 1.86. The number of aromatic nitrogens is 4. The van der Waals surface area contributed by atoms with Crippen LogP contribution in [0.5, 0.6) is 0 Å². The van der Waals surface area contributed by atoms with Crippen LogP contribution < -0.4 is 5.73 Å². The molecule has 0 aliphatic carbocycles. The Balaban J connectivity index is 2.25. The van der Waals surface area contributed by atoms with Gasteiger partial charge in [0.15, 0.2) is 0 Å². The minimum atomic E-state index is 0.544. The van der Waals surface area contributed by atoms with Gasteiger partial charge in [0.25, 0.3) is 0 Å². The quantitative estimate of drug-likeness (QED) is 0.758. The number of hydrogen-bond acceptors (Lipinski definition) is 3. The highest BCUT2D eigenvalue weighted by molar-refractivity contribution is 5.81. The van der Waals surface area contributed by atoms with Gasteiger partial charge >= 0.3 is 0 Å². The lowest BCUT2D eigenvalue weighted by Gasteiger charge is -2.02. The zero-order valence-electron chi connectivity index (χ0n) is 11.4. The third-order valence-electron chi connectivity index (χ3n) is 3.66. The highest BCUT2D eigenvalue weighted by Gasteiger charge is 2.14. The van der Waals surface area contributed by atoms with Crippen LogP contribution in [0.25, 0.3) is 22.4 Å². The minimum Gasteiger partial charge on any atom is -0.327 e. The average molecular weight is 255 g/mol. The molecule has 0 fully saturated rings. The largest absolute Gasteiger partial charge is 0.327 e. The van der Waals surface area contributed by atoms with Crippen LogP contribution in [0.3, 0.4) is 0 Å². The van der Waals surface area contributed by atoms with Gasteiger partial charge in [-0.25, -0.2) is 4.98 Å². The number of benzene rings is 1. The first kappa shape index (κ1) is 11.9. The fourth-order valence-corrected chi connectivity index (χ4v) is 2.32. The average Bonchev–Trinajstić information content (AvgIpc) is 2.92. The van der Waals surface area contributed by atoms with E-state index in [1.807, 2.05) is 44.0 Å². The Hall–Kier alpha value is -2.14. The highest BCUT2D eigenvalue weighted by Crippen LogP contribution is 2.26. The number of rotatable bonds is 2. The molecule has 0 aliphatic rings. The maximum atomic E-state index is 5.69. The number of nitrogens with zero attached hydrogens (tertiary/aromatic N) is 4. The van der Waals surface area contributed by atoms with Crippen LogP contribution in [0.4, 0.5) is 0 Å². The SMILES string of the molecule is Cc1c(-c2nc3ccc(CN)cc3n2C)cnn1C. The summed E-state index contributed by atoms with van der Waals surface area (Å²) in [6.45, 7) is 2.59. The molecule has 2 heterocycles. The van der Waals surface area contributed by atoms with Crippen LogP contribution in [0.15, 0.2) is 24.4 Å². The van der Waals surface area contributed by atoms with Gasteiger partial charge in [-0.3, -0.25) is 4.68 Å². The molecular formula is C14H17N5. The summed E-state index contributed by atoms with van der Waals surface area (Å²) in [4.78, 5) is 4.70. The van der Waals surface area contributed by atoms with Gasteiger partial charge in [-0.2, -0.15) is 5.10 Å². The first-order chi connectivity index (χ1) is 9.11. The third kappa shape index (κ3) is 1.74. The standard InChI is InChI=1S/C14H17N5/c1-9-11(8-16-19(9)3)14-17-12-5-4-10(7-15)6-13(12)18(14)2/h4-6,8H,7,15H2,1-3H3. The van der Waals surface area contributed by atoms with Crippen molar-refractivity contribution in [1.82, 2.24) is 19.3 Å². The van der Waals surface area contributed by atoms with E-state index in [0.717, 1.165) is 33.7 Å². The summed E-state index contributed by atoms with van der Waals surface area (Å²) in [7, 11) is 3.96. The van der Waals surface area contributed by atoms with Crippen LogP contribution in [0, 0.1) is 6.92 Å². The first-order valence-corrected chi connectivity index (χ1v) is 6.26. The van der Waals surface area contributed by atoms with Crippen LogP contribution in [-0.4, -0.2) is 19.3 Å². The van der Waals surface area contributed by atoms with Crippen LogP contribution in [0.1, 0.15) is 11.3 Å². The summed E-state index contributed by atoms with van der Waals surface area (Å²) in [5.74, 6) is 0.940. The van der Waals surface area contributed by atoms with E-state index in [4.69, 9.17) is 10.7 Å². The molecule has 1 aromatic carbocycles. The monoisotopic (exact) mass is 255 g/mol. The molecule has 0 saturated carbocycles. The first-order valence-electron chi connectivity index (χ1n) is 6.26. The summed E-state index contributed by atoms with van der Waals surface area (Å²) < 4.78 is 3.96. The van der Waals surface area contributed by atoms with Crippen LogP contribution in [0.2, 0.25) is 0 Å². The Morgan fingerprint density at radius 1 is 1.26 bits per heavy atom. The molecular weight excluding hydrogens is 238 g/mol. The predicted octanol–water partition coefficient (Wildman–Crippen LogP) is 1.74. The molecule has 2 aromatic heterocycles. The van der Waals surface area contributed by atoms with E-state index in [-0.39, 0.29) is 0 Å². The molecule has 0 bridgehead atoms. The van der Waals surface area contributed by atoms with Crippen molar-refractivity contribution in [2.75, 3.05) is 0 Å². The van der Waals surface area contributed by atoms with E-state index < -0.39 is 0 Å². The fourth-order valence-electron chi connectivity index (χ4n) is 2.32. The molecule has 5 heteroatoms. The molecule has 5 nitrogen and oxygen atoms in total. The molecule has 98 valence electrons. The zero-order valence-corrected chi connectivity index (χ0v) is 11.4. The molecule has 2 N–H and O–H groups in total.